The second-order valence-corrected chi connectivity index (χ2v) is 6.04. The summed E-state index contributed by atoms with van der Waals surface area (Å²) < 4.78 is 0. The highest BCUT2D eigenvalue weighted by Gasteiger charge is 2.14. The molecule has 3 heterocycles. The SMILES string of the molecule is O=C(NCc1ccnc(N2CCCC2)c1)c1cccc2cn[nH]c12. The Morgan fingerprint density at radius 3 is 3.00 bits per heavy atom. The molecule has 0 spiro atoms. The van der Waals surface area contributed by atoms with E-state index in [0.29, 0.717) is 12.1 Å². The number of aromatic nitrogens is 3. The summed E-state index contributed by atoms with van der Waals surface area (Å²) in [6.45, 7) is 2.60. The van der Waals surface area contributed by atoms with Crippen molar-refractivity contribution in [1.82, 2.24) is 20.5 Å². The molecule has 1 fully saturated rings. The lowest BCUT2D eigenvalue weighted by molar-refractivity contribution is 0.0952. The third-order valence-corrected chi connectivity index (χ3v) is 4.41. The number of aromatic amines is 1. The molecule has 24 heavy (non-hydrogen) atoms. The fraction of sp³-hybridized carbons (Fsp3) is 0.278. The lowest BCUT2D eigenvalue weighted by Crippen LogP contribution is -2.24. The summed E-state index contributed by atoms with van der Waals surface area (Å²) in [5.41, 5.74) is 2.43. The van der Waals surface area contributed by atoms with Gasteiger partial charge in [0.15, 0.2) is 0 Å². The summed E-state index contributed by atoms with van der Waals surface area (Å²) in [6.07, 6.45) is 5.97. The number of H-pyrrole nitrogens is 1. The highest BCUT2D eigenvalue weighted by atomic mass is 16.1. The quantitative estimate of drug-likeness (QED) is 0.774. The highest BCUT2D eigenvalue weighted by molar-refractivity contribution is 6.05. The number of nitrogens with zero attached hydrogens (tertiary/aromatic N) is 3. The predicted molar refractivity (Wildman–Crippen MR) is 92.9 cm³/mol. The molecule has 2 N–H and O–H groups in total. The molecule has 6 heteroatoms. The molecule has 6 nitrogen and oxygen atoms in total. The smallest absolute Gasteiger partial charge is 0.253 e. The van der Waals surface area contributed by atoms with Crippen molar-refractivity contribution >= 4 is 22.6 Å². The van der Waals surface area contributed by atoms with Gasteiger partial charge in [0.25, 0.3) is 5.91 Å². The van der Waals surface area contributed by atoms with Crippen LogP contribution in [0, 0.1) is 0 Å². The van der Waals surface area contributed by atoms with Crippen LogP contribution in [-0.4, -0.2) is 34.2 Å². The summed E-state index contributed by atoms with van der Waals surface area (Å²) in [6, 6.07) is 9.60. The minimum Gasteiger partial charge on any atom is -0.357 e. The number of rotatable bonds is 4. The molecule has 2 aromatic heterocycles. The normalized spacial score (nSPS) is 14.2. The van der Waals surface area contributed by atoms with Gasteiger partial charge in [-0.2, -0.15) is 5.10 Å². The highest BCUT2D eigenvalue weighted by Crippen LogP contribution is 2.19. The summed E-state index contributed by atoms with van der Waals surface area (Å²) in [7, 11) is 0. The molecular weight excluding hydrogens is 302 g/mol. The van der Waals surface area contributed by atoms with E-state index >= 15 is 0 Å². The van der Waals surface area contributed by atoms with E-state index in [0.717, 1.165) is 35.4 Å². The first-order chi connectivity index (χ1) is 11.8. The third-order valence-electron chi connectivity index (χ3n) is 4.41. The van der Waals surface area contributed by atoms with Gasteiger partial charge in [-0.15, -0.1) is 0 Å². The maximum Gasteiger partial charge on any atom is 0.253 e. The number of carbonyl (C=O) groups is 1. The number of fused-ring (bicyclic) bond motifs is 1. The van der Waals surface area contributed by atoms with Crippen molar-refractivity contribution in [2.75, 3.05) is 18.0 Å². The van der Waals surface area contributed by atoms with Crippen LogP contribution in [0.25, 0.3) is 10.9 Å². The molecule has 1 saturated heterocycles. The first-order valence-corrected chi connectivity index (χ1v) is 8.21. The number of nitrogens with one attached hydrogen (secondary N) is 2. The van der Waals surface area contributed by atoms with Crippen molar-refractivity contribution in [3.63, 3.8) is 0 Å². The molecule has 4 rings (SSSR count). The van der Waals surface area contributed by atoms with Crippen LogP contribution in [0.15, 0.2) is 42.7 Å². The Hall–Kier alpha value is -2.89. The second-order valence-electron chi connectivity index (χ2n) is 6.04. The summed E-state index contributed by atoms with van der Waals surface area (Å²) in [5, 5.41) is 10.8. The van der Waals surface area contributed by atoms with Crippen LogP contribution in [0.5, 0.6) is 0 Å². The topological polar surface area (TPSA) is 73.9 Å². The van der Waals surface area contributed by atoms with Crippen LogP contribution >= 0.6 is 0 Å². The average Bonchev–Trinajstić information content (AvgIpc) is 3.30. The maximum atomic E-state index is 12.5. The van der Waals surface area contributed by atoms with Crippen molar-refractivity contribution in [1.29, 1.82) is 0 Å². The number of amides is 1. The minimum absolute atomic E-state index is 0.107. The monoisotopic (exact) mass is 321 g/mol. The van der Waals surface area contributed by atoms with E-state index in [4.69, 9.17) is 0 Å². The Kier molecular flexibility index (Phi) is 3.86. The Morgan fingerprint density at radius 1 is 1.25 bits per heavy atom. The van der Waals surface area contributed by atoms with Crippen molar-refractivity contribution in [3.05, 3.63) is 53.9 Å². The zero-order valence-electron chi connectivity index (χ0n) is 13.3. The molecule has 122 valence electrons. The van der Waals surface area contributed by atoms with Gasteiger partial charge in [-0.05, 0) is 36.6 Å². The van der Waals surface area contributed by atoms with E-state index in [9.17, 15) is 4.79 Å². The van der Waals surface area contributed by atoms with E-state index < -0.39 is 0 Å². The van der Waals surface area contributed by atoms with Gasteiger partial charge in [0.1, 0.15) is 5.82 Å². The van der Waals surface area contributed by atoms with E-state index in [1.807, 2.05) is 24.4 Å². The van der Waals surface area contributed by atoms with Crippen LogP contribution in [0.2, 0.25) is 0 Å². The maximum absolute atomic E-state index is 12.5. The molecule has 0 aliphatic carbocycles. The molecular formula is C18H19N5O. The van der Waals surface area contributed by atoms with Crippen LogP contribution in [0.1, 0.15) is 28.8 Å². The number of pyridine rings is 1. The number of hydrogen-bond acceptors (Lipinski definition) is 4. The molecule has 1 amide bonds. The van der Waals surface area contributed by atoms with Gasteiger partial charge in [-0.3, -0.25) is 9.89 Å². The molecule has 0 saturated carbocycles. The lowest BCUT2D eigenvalue weighted by atomic mass is 10.1. The number of anilines is 1. The van der Waals surface area contributed by atoms with Gasteiger partial charge in [0, 0.05) is 31.2 Å². The Bertz CT molecular complexity index is 866. The number of carbonyl (C=O) groups excluding carboxylic acids is 1. The zero-order valence-corrected chi connectivity index (χ0v) is 13.3. The van der Waals surface area contributed by atoms with Crippen LogP contribution in [0.3, 0.4) is 0 Å². The minimum atomic E-state index is -0.107. The van der Waals surface area contributed by atoms with Gasteiger partial charge < -0.3 is 10.2 Å². The van der Waals surface area contributed by atoms with Gasteiger partial charge in [0.05, 0.1) is 17.3 Å². The van der Waals surface area contributed by atoms with Gasteiger partial charge in [-0.1, -0.05) is 12.1 Å². The number of para-hydroxylation sites is 1. The van der Waals surface area contributed by atoms with Gasteiger partial charge >= 0.3 is 0 Å². The summed E-state index contributed by atoms with van der Waals surface area (Å²) in [4.78, 5) is 19.2. The van der Waals surface area contributed by atoms with Crippen molar-refractivity contribution in [2.45, 2.75) is 19.4 Å². The molecule has 0 bridgehead atoms. The standard InChI is InChI=1S/C18H19N5O/c24-18(15-5-3-4-14-12-21-22-17(14)15)20-11-13-6-7-19-16(10-13)23-8-1-2-9-23/h3-7,10,12H,1-2,8-9,11H2,(H,20,24)(H,21,22). The Labute approximate surface area is 139 Å². The largest absolute Gasteiger partial charge is 0.357 e. The molecule has 0 unspecified atom stereocenters. The molecule has 0 radical (unpaired) electrons. The molecule has 1 aliphatic rings. The Balaban J connectivity index is 1.47. The lowest BCUT2D eigenvalue weighted by Gasteiger charge is -2.17. The van der Waals surface area contributed by atoms with E-state index in [1.165, 1.54) is 12.8 Å². The zero-order chi connectivity index (χ0) is 16.4. The van der Waals surface area contributed by atoms with Crippen LogP contribution < -0.4 is 10.2 Å². The summed E-state index contributed by atoms with van der Waals surface area (Å²) >= 11 is 0. The van der Waals surface area contributed by atoms with E-state index in [1.54, 1.807) is 12.3 Å². The molecule has 3 aromatic rings. The van der Waals surface area contributed by atoms with Crippen molar-refractivity contribution in [2.24, 2.45) is 0 Å². The van der Waals surface area contributed by atoms with Gasteiger partial charge in [0.2, 0.25) is 0 Å². The fourth-order valence-corrected chi connectivity index (χ4v) is 3.13. The number of hydrogen-bond donors (Lipinski definition) is 2. The fourth-order valence-electron chi connectivity index (χ4n) is 3.13. The van der Waals surface area contributed by atoms with Crippen LogP contribution in [0.4, 0.5) is 5.82 Å². The second kappa shape index (κ2) is 6.31. The first kappa shape index (κ1) is 14.7. The van der Waals surface area contributed by atoms with Crippen molar-refractivity contribution < 1.29 is 4.79 Å². The first-order valence-electron chi connectivity index (χ1n) is 8.21. The van der Waals surface area contributed by atoms with E-state index in [2.05, 4.69) is 31.5 Å². The third kappa shape index (κ3) is 2.82. The van der Waals surface area contributed by atoms with E-state index in [-0.39, 0.29) is 5.91 Å². The predicted octanol–water partition coefficient (Wildman–Crippen LogP) is 2.49. The average molecular weight is 321 g/mol. The summed E-state index contributed by atoms with van der Waals surface area (Å²) in [5.74, 6) is 0.888. The van der Waals surface area contributed by atoms with Crippen LogP contribution in [-0.2, 0) is 6.54 Å². The molecule has 1 aliphatic heterocycles. The molecule has 0 atom stereocenters. The molecule has 1 aromatic carbocycles. The number of benzene rings is 1. The van der Waals surface area contributed by atoms with Crippen molar-refractivity contribution in [3.8, 4) is 0 Å². The van der Waals surface area contributed by atoms with Gasteiger partial charge in [-0.25, -0.2) is 4.98 Å². The Morgan fingerprint density at radius 2 is 2.12 bits per heavy atom.